The molecule has 21 heavy (non-hydrogen) atoms. The SMILES string of the molecule is COc1cccc(C(CNC(C)(C)C)OCCC2CC2)c1. The molecule has 1 fully saturated rings. The molecule has 0 saturated heterocycles. The quantitative estimate of drug-likeness (QED) is 0.787. The number of hydrogen-bond acceptors (Lipinski definition) is 3. The van der Waals surface area contributed by atoms with E-state index in [1.54, 1.807) is 7.11 Å². The molecule has 1 aliphatic rings. The van der Waals surface area contributed by atoms with Crippen LogP contribution in [0.5, 0.6) is 5.75 Å². The lowest BCUT2D eigenvalue weighted by molar-refractivity contribution is 0.0443. The normalized spacial score (nSPS) is 16.8. The number of nitrogens with one attached hydrogen (secondary N) is 1. The van der Waals surface area contributed by atoms with Crippen molar-refractivity contribution in [2.75, 3.05) is 20.3 Å². The van der Waals surface area contributed by atoms with Crippen LogP contribution in [0.3, 0.4) is 0 Å². The number of rotatable bonds is 8. The standard InChI is InChI=1S/C18H29NO2/c1-18(2,3)19-13-17(21-11-10-14-8-9-14)15-6-5-7-16(12-15)20-4/h5-7,12,14,17,19H,8-11,13H2,1-4H3. The van der Waals surface area contributed by atoms with Crippen LogP contribution in [0.1, 0.15) is 51.7 Å². The molecule has 1 saturated carbocycles. The van der Waals surface area contributed by atoms with E-state index in [9.17, 15) is 0 Å². The summed E-state index contributed by atoms with van der Waals surface area (Å²) in [7, 11) is 1.70. The Labute approximate surface area is 129 Å². The van der Waals surface area contributed by atoms with Crippen LogP contribution in [0.25, 0.3) is 0 Å². The predicted octanol–water partition coefficient (Wildman–Crippen LogP) is 3.94. The van der Waals surface area contributed by atoms with Gasteiger partial charge in [-0.2, -0.15) is 0 Å². The van der Waals surface area contributed by atoms with Crippen LogP contribution in [0, 0.1) is 5.92 Å². The molecular weight excluding hydrogens is 262 g/mol. The molecule has 0 spiro atoms. The number of ether oxygens (including phenoxy) is 2. The van der Waals surface area contributed by atoms with Crippen molar-refractivity contribution >= 4 is 0 Å². The number of benzene rings is 1. The van der Waals surface area contributed by atoms with E-state index in [1.165, 1.54) is 24.8 Å². The summed E-state index contributed by atoms with van der Waals surface area (Å²) in [4.78, 5) is 0. The highest BCUT2D eigenvalue weighted by molar-refractivity contribution is 5.30. The molecule has 0 amide bonds. The van der Waals surface area contributed by atoms with Crippen LogP contribution in [0.2, 0.25) is 0 Å². The van der Waals surface area contributed by atoms with Gasteiger partial charge in [0.2, 0.25) is 0 Å². The second-order valence-corrected chi connectivity index (χ2v) is 7.00. The van der Waals surface area contributed by atoms with E-state index >= 15 is 0 Å². The maximum absolute atomic E-state index is 6.16. The zero-order chi connectivity index (χ0) is 15.3. The van der Waals surface area contributed by atoms with Gasteiger partial charge in [-0.3, -0.25) is 0 Å². The van der Waals surface area contributed by atoms with E-state index in [0.29, 0.717) is 0 Å². The van der Waals surface area contributed by atoms with Gasteiger partial charge in [-0.1, -0.05) is 25.0 Å². The fourth-order valence-corrected chi connectivity index (χ4v) is 2.30. The Hall–Kier alpha value is -1.06. The van der Waals surface area contributed by atoms with Gasteiger partial charge in [0.1, 0.15) is 5.75 Å². The molecule has 0 radical (unpaired) electrons. The Morgan fingerprint density at radius 1 is 1.29 bits per heavy atom. The van der Waals surface area contributed by atoms with Gasteiger partial charge < -0.3 is 14.8 Å². The maximum Gasteiger partial charge on any atom is 0.119 e. The average molecular weight is 291 g/mol. The minimum atomic E-state index is 0.0816. The Kier molecular flexibility index (Phi) is 5.65. The van der Waals surface area contributed by atoms with Crippen LogP contribution in [-0.4, -0.2) is 25.8 Å². The summed E-state index contributed by atoms with van der Waals surface area (Å²) >= 11 is 0. The smallest absolute Gasteiger partial charge is 0.119 e. The minimum absolute atomic E-state index is 0.0816. The van der Waals surface area contributed by atoms with Crippen LogP contribution in [0.15, 0.2) is 24.3 Å². The molecule has 1 aliphatic carbocycles. The lowest BCUT2D eigenvalue weighted by atomic mass is 10.1. The highest BCUT2D eigenvalue weighted by atomic mass is 16.5. The van der Waals surface area contributed by atoms with Gasteiger partial charge >= 0.3 is 0 Å². The van der Waals surface area contributed by atoms with Crippen LogP contribution in [-0.2, 0) is 4.74 Å². The van der Waals surface area contributed by atoms with Gasteiger partial charge in [-0.25, -0.2) is 0 Å². The Balaban J connectivity index is 1.97. The highest BCUT2D eigenvalue weighted by Gasteiger charge is 2.22. The van der Waals surface area contributed by atoms with E-state index in [-0.39, 0.29) is 11.6 Å². The summed E-state index contributed by atoms with van der Waals surface area (Å²) in [6.45, 7) is 8.21. The molecule has 1 aromatic rings. The molecule has 0 heterocycles. The first-order chi connectivity index (χ1) is 9.98. The Morgan fingerprint density at radius 3 is 2.67 bits per heavy atom. The van der Waals surface area contributed by atoms with Crippen molar-refractivity contribution in [3.63, 3.8) is 0 Å². The highest BCUT2D eigenvalue weighted by Crippen LogP contribution is 2.33. The van der Waals surface area contributed by atoms with Gasteiger partial charge in [0, 0.05) is 18.7 Å². The molecule has 0 bridgehead atoms. The summed E-state index contributed by atoms with van der Waals surface area (Å²) in [6, 6.07) is 8.20. The van der Waals surface area contributed by atoms with Gasteiger partial charge in [-0.15, -0.1) is 0 Å². The largest absolute Gasteiger partial charge is 0.497 e. The van der Waals surface area contributed by atoms with Crippen molar-refractivity contribution in [2.24, 2.45) is 5.92 Å². The van der Waals surface area contributed by atoms with Gasteiger partial charge in [0.05, 0.1) is 13.2 Å². The maximum atomic E-state index is 6.16. The van der Waals surface area contributed by atoms with E-state index in [1.807, 2.05) is 12.1 Å². The summed E-state index contributed by atoms with van der Waals surface area (Å²) < 4.78 is 11.5. The Bertz CT molecular complexity index is 435. The molecule has 118 valence electrons. The van der Waals surface area contributed by atoms with Crippen LogP contribution >= 0.6 is 0 Å². The summed E-state index contributed by atoms with van der Waals surface area (Å²) in [5.41, 5.74) is 1.28. The van der Waals surface area contributed by atoms with Crippen molar-refractivity contribution < 1.29 is 9.47 Å². The molecule has 1 atom stereocenters. The molecule has 1 aromatic carbocycles. The van der Waals surface area contributed by atoms with Crippen molar-refractivity contribution in [1.82, 2.24) is 5.32 Å². The first-order valence-electron chi connectivity index (χ1n) is 7.98. The summed E-state index contributed by atoms with van der Waals surface area (Å²) in [5, 5.41) is 3.55. The first kappa shape index (κ1) is 16.3. The molecular formula is C18H29NO2. The van der Waals surface area contributed by atoms with Gasteiger partial charge in [-0.05, 0) is 50.8 Å². The van der Waals surface area contributed by atoms with Gasteiger partial charge in [0.15, 0.2) is 0 Å². The molecule has 1 N–H and O–H groups in total. The first-order valence-corrected chi connectivity index (χ1v) is 7.98. The molecule has 1 unspecified atom stereocenters. The minimum Gasteiger partial charge on any atom is -0.497 e. The summed E-state index contributed by atoms with van der Waals surface area (Å²) in [5.74, 6) is 1.80. The zero-order valence-corrected chi connectivity index (χ0v) is 13.8. The summed E-state index contributed by atoms with van der Waals surface area (Å²) in [6.07, 6.45) is 4.04. The van der Waals surface area contributed by atoms with E-state index < -0.39 is 0 Å². The van der Waals surface area contributed by atoms with E-state index in [0.717, 1.165) is 24.8 Å². The van der Waals surface area contributed by atoms with E-state index in [2.05, 4.69) is 38.2 Å². The average Bonchev–Trinajstić information content (AvgIpc) is 3.25. The second-order valence-electron chi connectivity index (χ2n) is 7.00. The molecule has 2 rings (SSSR count). The molecule has 0 aromatic heterocycles. The van der Waals surface area contributed by atoms with E-state index in [4.69, 9.17) is 9.47 Å². The predicted molar refractivity (Wildman–Crippen MR) is 86.8 cm³/mol. The van der Waals surface area contributed by atoms with Gasteiger partial charge in [0.25, 0.3) is 0 Å². The molecule has 3 heteroatoms. The Morgan fingerprint density at radius 2 is 2.05 bits per heavy atom. The number of hydrogen-bond donors (Lipinski definition) is 1. The lowest BCUT2D eigenvalue weighted by Gasteiger charge is -2.26. The third-order valence-corrected chi connectivity index (χ3v) is 3.83. The van der Waals surface area contributed by atoms with Crippen molar-refractivity contribution in [1.29, 1.82) is 0 Å². The molecule has 3 nitrogen and oxygen atoms in total. The van der Waals surface area contributed by atoms with Crippen LogP contribution in [0.4, 0.5) is 0 Å². The van der Waals surface area contributed by atoms with Crippen molar-refractivity contribution in [2.45, 2.75) is 51.7 Å². The van der Waals surface area contributed by atoms with Crippen molar-refractivity contribution in [3.8, 4) is 5.75 Å². The fraction of sp³-hybridized carbons (Fsp3) is 0.667. The fourth-order valence-electron chi connectivity index (χ4n) is 2.30. The third kappa shape index (κ3) is 6.06. The topological polar surface area (TPSA) is 30.5 Å². The third-order valence-electron chi connectivity index (χ3n) is 3.83. The lowest BCUT2D eigenvalue weighted by Crippen LogP contribution is -2.39. The van der Waals surface area contributed by atoms with Crippen molar-refractivity contribution in [3.05, 3.63) is 29.8 Å². The molecule has 0 aliphatic heterocycles. The monoisotopic (exact) mass is 291 g/mol. The number of methoxy groups -OCH3 is 1. The van der Waals surface area contributed by atoms with Crippen LogP contribution < -0.4 is 10.1 Å². The zero-order valence-electron chi connectivity index (χ0n) is 13.8. The second kappa shape index (κ2) is 7.28.